The van der Waals surface area contributed by atoms with Crippen molar-refractivity contribution in [3.8, 4) is 80.1 Å². The molecule has 8 aromatic rings. The maximum atomic E-state index is 6.33. The van der Waals surface area contributed by atoms with Gasteiger partial charge in [-0.25, -0.2) is 0 Å². The van der Waals surface area contributed by atoms with E-state index >= 15 is 0 Å². The Morgan fingerprint density at radius 3 is 0.889 bits per heavy atom. The molecule has 54 heavy (non-hydrogen) atoms. The minimum Gasteiger partial charge on any atom is -0.457 e. The van der Waals surface area contributed by atoms with Crippen molar-refractivity contribution < 1.29 is 28.4 Å². The highest BCUT2D eigenvalue weighted by molar-refractivity contribution is 5.65. The molecule has 0 amide bonds. The zero-order valence-corrected chi connectivity index (χ0v) is 29.1. The molecule has 262 valence electrons. The van der Waals surface area contributed by atoms with Gasteiger partial charge in [-0.2, -0.15) is 0 Å². The Morgan fingerprint density at radius 2 is 0.463 bits per heavy atom. The van der Waals surface area contributed by atoms with Crippen molar-refractivity contribution in [2.75, 3.05) is 0 Å². The molecule has 0 aliphatic rings. The third-order valence-electron chi connectivity index (χ3n) is 8.18. The van der Waals surface area contributed by atoms with Crippen molar-refractivity contribution >= 4 is 0 Å². The highest BCUT2D eigenvalue weighted by atomic mass is 16.5. The van der Waals surface area contributed by atoms with E-state index in [2.05, 4.69) is 18.2 Å². The van der Waals surface area contributed by atoms with Crippen LogP contribution in [0, 0.1) is 0 Å². The molecule has 0 aliphatic heterocycles. The lowest BCUT2D eigenvalue weighted by atomic mass is 10.1. The van der Waals surface area contributed by atoms with Gasteiger partial charge < -0.3 is 28.4 Å². The van der Waals surface area contributed by atoms with Crippen LogP contribution in [0.15, 0.2) is 206 Å². The highest BCUT2D eigenvalue weighted by Gasteiger charge is 2.12. The van der Waals surface area contributed by atoms with E-state index in [-0.39, 0.29) is 0 Å². The molecule has 0 bridgehead atoms. The molecular weight excluding hydrogens is 673 g/mol. The molecule has 0 saturated heterocycles. The van der Waals surface area contributed by atoms with Crippen LogP contribution >= 0.6 is 0 Å². The van der Waals surface area contributed by atoms with Crippen molar-refractivity contribution in [1.82, 2.24) is 0 Å². The van der Waals surface area contributed by atoms with Gasteiger partial charge in [0.05, 0.1) is 0 Å². The Bertz CT molecular complexity index is 2460. The molecule has 0 spiro atoms. The molecule has 8 rings (SSSR count). The second-order valence-corrected chi connectivity index (χ2v) is 12.1. The van der Waals surface area contributed by atoms with Crippen molar-refractivity contribution in [3.63, 3.8) is 0 Å². The summed E-state index contributed by atoms with van der Waals surface area (Å²) in [5.74, 6) is 7.38. The fourth-order valence-corrected chi connectivity index (χ4v) is 5.68. The van der Waals surface area contributed by atoms with Gasteiger partial charge in [0.15, 0.2) is 23.0 Å². The average Bonchev–Trinajstić information content (AvgIpc) is 3.21. The van der Waals surface area contributed by atoms with Gasteiger partial charge in [-0.3, -0.25) is 0 Å². The number of hydrogen-bond acceptors (Lipinski definition) is 6. The van der Waals surface area contributed by atoms with Crippen molar-refractivity contribution in [3.05, 3.63) is 206 Å². The predicted octanol–water partition coefficient (Wildman–Crippen LogP) is 14.1. The Kier molecular flexibility index (Phi) is 10.2. The van der Waals surface area contributed by atoms with E-state index in [9.17, 15) is 0 Å². The standard InChI is InChI=1S/C48H34O6/c1-3-15-35(16-4-1)36-17-11-20-38(31-36)51-45-27-7-8-28-46(45)53-43-25-13-22-40(33-43)50-41-23-14-26-44(34-41)54-48-30-10-9-29-47(48)52-42-24-12-21-39(32-42)49-37-18-5-2-6-19-37/h1-34H. The third-order valence-corrected chi connectivity index (χ3v) is 8.18. The molecule has 0 atom stereocenters. The van der Waals surface area contributed by atoms with Gasteiger partial charge in [-0.15, -0.1) is 0 Å². The number of ether oxygens (including phenoxy) is 6. The first kappa shape index (κ1) is 33.7. The Balaban J connectivity index is 0.936. The first-order chi connectivity index (χ1) is 26.7. The van der Waals surface area contributed by atoms with Crippen LogP contribution in [0.3, 0.4) is 0 Å². The van der Waals surface area contributed by atoms with Gasteiger partial charge in [0.1, 0.15) is 46.0 Å². The summed E-state index contributed by atoms with van der Waals surface area (Å²) in [6.45, 7) is 0. The monoisotopic (exact) mass is 706 g/mol. The first-order valence-corrected chi connectivity index (χ1v) is 17.5. The van der Waals surface area contributed by atoms with Crippen LogP contribution in [0.25, 0.3) is 11.1 Å². The summed E-state index contributed by atoms with van der Waals surface area (Å²) in [4.78, 5) is 0. The summed E-state index contributed by atoms with van der Waals surface area (Å²) >= 11 is 0. The van der Waals surface area contributed by atoms with E-state index in [1.165, 1.54) is 0 Å². The van der Waals surface area contributed by atoms with E-state index in [1.807, 2.05) is 188 Å². The molecular formula is C48H34O6. The quantitative estimate of drug-likeness (QED) is 0.119. The van der Waals surface area contributed by atoms with Gasteiger partial charge in [0.25, 0.3) is 0 Å². The van der Waals surface area contributed by atoms with Crippen molar-refractivity contribution in [2.45, 2.75) is 0 Å². The van der Waals surface area contributed by atoms with Crippen molar-refractivity contribution in [2.24, 2.45) is 0 Å². The molecule has 0 aliphatic carbocycles. The van der Waals surface area contributed by atoms with E-state index in [0.29, 0.717) is 63.2 Å². The molecule has 0 saturated carbocycles. The summed E-state index contributed by atoms with van der Waals surface area (Å²) in [5.41, 5.74) is 2.19. The van der Waals surface area contributed by atoms with Crippen LogP contribution in [-0.2, 0) is 0 Å². The van der Waals surface area contributed by atoms with Crippen LogP contribution < -0.4 is 28.4 Å². The SMILES string of the molecule is c1ccc(Oc2cccc(Oc3ccccc3Oc3cccc(Oc4cccc(Oc5ccccc5Oc5cccc(-c6ccccc6)c5)c4)c3)c2)cc1. The molecule has 6 heteroatoms. The van der Waals surface area contributed by atoms with Gasteiger partial charge in [0.2, 0.25) is 0 Å². The molecule has 0 heterocycles. The van der Waals surface area contributed by atoms with E-state index in [1.54, 1.807) is 0 Å². The summed E-state index contributed by atoms with van der Waals surface area (Å²) < 4.78 is 37.5. The van der Waals surface area contributed by atoms with Crippen LogP contribution in [0.1, 0.15) is 0 Å². The van der Waals surface area contributed by atoms with Crippen LogP contribution in [0.2, 0.25) is 0 Å². The van der Waals surface area contributed by atoms with Crippen LogP contribution in [-0.4, -0.2) is 0 Å². The molecule has 0 N–H and O–H groups in total. The molecule has 0 radical (unpaired) electrons. The van der Waals surface area contributed by atoms with Gasteiger partial charge in [-0.1, -0.05) is 103 Å². The minimum atomic E-state index is 0.548. The lowest BCUT2D eigenvalue weighted by Crippen LogP contribution is -1.92. The van der Waals surface area contributed by atoms with Gasteiger partial charge in [0, 0.05) is 18.2 Å². The predicted molar refractivity (Wildman–Crippen MR) is 211 cm³/mol. The number of rotatable bonds is 13. The average molecular weight is 707 g/mol. The first-order valence-electron chi connectivity index (χ1n) is 17.5. The fourth-order valence-electron chi connectivity index (χ4n) is 5.68. The fraction of sp³-hybridized carbons (Fsp3) is 0. The van der Waals surface area contributed by atoms with E-state index < -0.39 is 0 Å². The maximum absolute atomic E-state index is 6.33. The lowest BCUT2D eigenvalue weighted by molar-refractivity contribution is 0.410. The second-order valence-electron chi connectivity index (χ2n) is 12.1. The molecule has 0 aromatic heterocycles. The zero-order chi connectivity index (χ0) is 36.4. The molecule has 6 nitrogen and oxygen atoms in total. The summed E-state index contributed by atoms with van der Waals surface area (Å²) in [5, 5.41) is 0. The Hall–Kier alpha value is -7.44. The number of para-hydroxylation sites is 5. The van der Waals surface area contributed by atoms with Crippen LogP contribution in [0.4, 0.5) is 0 Å². The van der Waals surface area contributed by atoms with E-state index in [0.717, 1.165) is 16.9 Å². The third kappa shape index (κ3) is 8.70. The summed E-state index contributed by atoms with van der Waals surface area (Å²) in [7, 11) is 0. The molecule has 8 aromatic carbocycles. The Labute approximate surface area is 314 Å². The van der Waals surface area contributed by atoms with Gasteiger partial charge >= 0.3 is 0 Å². The second kappa shape index (κ2) is 16.3. The van der Waals surface area contributed by atoms with Gasteiger partial charge in [-0.05, 0) is 96.1 Å². The molecule has 0 unspecified atom stereocenters. The minimum absolute atomic E-state index is 0.548. The normalized spacial score (nSPS) is 10.6. The largest absolute Gasteiger partial charge is 0.457 e. The van der Waals surface area contributed by atoms with Crippen molar-refractivity contribution in [1.29, 1.82) is 0 Å². The Morgan fingerprint density at radius 1 is 0.185 bits per heavy atom. The highest BCUT2D eigenvalue weighted by Crippen LogP contribution is 2.39. The zero-order valence-electron chi connectivity index (χ0n) is 29.1. The molecule has 0 fully saturated rings. The number of benzene rings is 8. The van der Waals surface area contributed by atoms with E-state index in [4.69, 9.17) is 28.4 Å². The van der Waals surface area contributed by atoms with Crippen LogP contribution in [0.5, 0.6) is 69.0 Å². The summed E-state index contributed by atoms with van der Waals surface area (Å²) in [6.07, 6.45) is 0. The lowest BCUT2D eigenvalue weighted by Gasteiger charge is -2.15. The topological polar surface area (TPSA) is 55.4 Å². The summed E-state index contributed by atoms with van der Waals surface area (Å²) in [6, 6.07) is 65.3. The number of hydrogen-bond donors (Lipinski definition) is 0. The maximum Gasteiger partial charge on any atom is 0.169 e. The smallest absolute Gasteiger partial charge is 0.169 e.